The highest BCUT2D eigenvalue weighted by Crippen LogP contribution is 2.13. The molecule has 0 fully saturated rings. The van der Waals surface area contributed by atoms with Gasteiger partial charge in [-0.15, -0.1) is 0 Å². The summed E-state index contributed by atoms with van der Waals surface area (Å²) in [5.74, 6) is 1.07. The van der Waals surface area contributed by atoms with E-state index in [1.165, 1.54) is 4.40 Å². The van der Waals surface area contributed by atoms with E-state index >= 15 is 0 Å². The van der Waals surface area contributed by atoms with Gasteiger partial charge in [-0.25, -0.2) is 19.3 Å². The van der Waals surface area contributed by atoms with Crippen LogP contribution in [0, 0.1) is 6.92 Å². The molecule has 0 amide bonds. The van der Waals surface area contributed by atoms with E-state index in [-0.39, 0.29) is 18.9 Å². The second-order valence-corrected chi connectivity index (χ2v) is 3.82. The monoisotopic (exact) mass is 253 g/mol. The number of aliphatic hydroxyl groups is 2. The lowest BCUT2D eigenvalue weighted by Crippen LogP contribution is -2.31. The van der Waals surface area contributed by atoms with Crippen LogP contribution in [0.2, 0.25) is 0 Å². The van der Waals surface area contributed by atoms with Crippen LogP contribution in [0.3, 0.4) is 0 Å². The molecule has 0 aliphatic rings. The minimum absolute atomic E-state index is 0.0424. The first kappa shape index (κ1) is 12.5. The highest BCUT2D eigenvalue weighted by atomic mass is 16.3. The van der Waals surface area contributed by atoms with Crippen molar-refractivity contribution >= 4 is 11.5 Å². The molecular formula is C10H15N5O3. The number of aryl methyl sites for hydroxylation is 1. The number of aromatic nitrogens is 4. The van der Waals surface area contributed by atoms with Crippen LogP contribution in [-0.4, -0.2) is 56.1 Å². The topological polar surface area (TPSA) is 107 Å². The van der Waals surface area contributed by atoms with E-state index in [0.29, 0.717) is 30.4 Å². The Morgan fingerprint density at radius 3 is 2.67 bits per heavy atom. The van der Waals surface area contributed by atoms with Gasteiger partial charge >= 0.3 is 5.69 Å². The summed E-state index contributed by atoms with van der Waals surface area (Å²) < 4.78 is 1.36. The van der Waals surface area contributed by atoms with Gasteiger partial charge in [0.05, 0.1) is 13.2 Å². The van der Waals surface area contributed by atoms with Crippen molar-refractivity contribution in [3.05, 3.63) is 22.4 Å². The Balaban J connectivity index is 2.47. The van der Waals surface area contributed by atoms with Crippen molar-refractivity contribution in [2.24, 2.45) is 0 Å². The Hall–Kier alpha value is -1.93. The molecular weight excluding hydrogens is 238 g/mol. The average Bonchev–Trinajstić information content (AvgIpc) is 2.71. The standard InChI is InChI=1S/C10H15N5O3/c1-7-11-8(14(2-4-16)3-5-17)6-9-12-13-10(18)15(7)9/h6,16-17H,2-5H2,1H3,(H,13,18). The van der Waals surface area contributed by atoms with Gasteiger partial charge in [0.1, 0.15) is 11.6 Å². The van der Waals surface area contributed by atoms with Crippen molar-refractivity contribution in [3.63, 3.8) is 0 Å². The number of rotatable bonds is 5. The number of aromatic amines is 1. The average molecular weight is 253 g/mol. The minimum Gasteiger partial charge on any atom is -0.395 e. The first-order valence-electron chi connectivity index (χ1n) is 5.59. The van der Waals surface area contributed by atoms with Gasteiger partial charge in [-0.1, -0.05) is 0 Å². The van der Waals surface area contributed by atoms with E-state index in [2.05, 4.69) is 15.2 Å². The normalized spacial score (nSPS) is 11.1. The van der Waals surface area contributed by atoms with E-state index in [0.717, 1.165) is 0 Å². The number of nitrogens with zero attached hydrogens (tertiary/aromatic N) is 4. The van der Waals surface area contributed by atoms with Crippen molar-refractivity contribution in [2.75, 3.05) is 31.2 Å². The van der Waals surface area contributed by atoms with Crippen molar-refractivity contribution < 1.29 is 10.2 Å². The predicted molar refractivity (Wildman–Crippen MR) is 64.7 cm³/mol. The van der Waals surface area contributed by atoms with Crippen molar-refractivity contribution in [1.82, 2.24) is 19.6 Å². The molecule has 0 unspecified atom stereocenters. The first-order chi connectivity index (χ1) is 8.67. The third kappa shape index (κ3) is 2.20. The van der Waals surface area contributed by atoms with Crippen molar-refractivity contribution in [1.29, 1.82) is 0 Å². The molecule has 8 nitrogen and oxygen atoms in total. The third-order valence-electron chi connectivity index (χ3n) is 2.62. The summed E-state index contributed by atoms with van der Waals surface area (Å²) in [6.45, 7) is 2.33. The van der Waals surface area contributed by atoms with Crippen molar-refractivity contribution in [2.45, 2.75) is 6.92 Å². The molecule has 2 rings (SSSR count). The molecule has 0 aliphatic heterocycles. The van der Waals surface area contributed by atoms with Crippen LogP contribution in [0.25, 0.3) is 5.65 Å². The summed E-state index contributed by atoms with van der Waals surface area (Å²) in [5.41, 5.74) is 0.126. The van der Waals surface area contributed by atoms with Gasteiger partial charge in [-0.2, -0.15) is 5.10 Å². The van der Waals surface area contributed by atoms with Crippen LogP contribution in [0.5, 0.6) is 0 Å². The van der Waals surface area contributed by atoms with Gasteiger partial charge in [0, 0.05) is 19.2 Å². The van der Waals surface area contributed by atoms with Crippen LogP contribution in [0.4, 0.5) is 5.82 Å². The molecule has 0 radical (unpaired) electrons. The summed E-state index contributed by atoms with van der Waals surface area (Å²) >= 11 is 0. The Morgan fingerprint density at radius 1 is 1.39 bits per heavy atom. The zero-order valence-electron chi connectivity index (χ0n) is 10.00. The van der Waals surface area contributed by atoms with Crippen LogP contribution < -0.4 is 10.6 Å². The Morgan fingerprint density at radius 2 is 2.06 bits per heavy atom. The Bertz CT molecular complexity index is 585. The van der Waals surface area contributed by atoms with Gasteiger partial charge in [-0.3, -0.25) is 0 Å². The molecule has 0 aromatic carbocycles. The maximum absolute atomic E-state index is 11.4. The second-order valence-electron chi connectivity index (χ2n) is 3.82. The molecule has 0 saturated heterocycles. The highest BCUT2D eigenvalue weighted by molar-refractivity contribution is 5.51. The number of hydrogen-bond donors (Lipinski definition) is 3. The SMILES string of the molecule is Cc1nc(N(CCO)CCO)cc2n[nH]c(=O)n12. The second kappa shape index (κ2) is 5.15. The van der Waals surface area contributed by atoms with Crippen LogP contribution in [0.15, 0.2) is 10.9 Å². The van der Waals surface area contributed by atoms with Gasteiger partial charge in [0.25, 0.3) is 0 Å². The molecule has 2 aromatic rings. The summed E-state index contributed by atoms with van der Waals surface area (Å²) in [5, 5.41) is 24.2. The fraction of sp³-hybridized carbons (Fsp3) is 0.500. The van der Waals surface area contributed by atoms with Crippen molar-refractivity contribution in [3.8, 4) is 0 Å². The molecule has 18 heavy (non-hydrogen) atoms. The maximum atomic E-state index is 11.4. The number of H-pyrrole nitrogens is 1. The maximum Gasteiger partial charge on any atom is 0.349 e. The highest BCUT2D eigenvalue weighted by Gasteiger charge is 2.12. The van der Waals surface area contributed by atoms with Crippen LogP contribution in [0.1, 0.15) is 5.82 Å². The third-order valence-corrected chi connectivity index (χ3v) is 2.62. The molecule has 3 N–H and O–H groups in total. The Labute approximate surface area is 103 Å². The van der Waals surface area contributed by atoms with E-state index in [9.17, 15) is 4.79 Å². The quantitative estimate of drug-likeness (QED) is 0.600. The number of hydrogen-bond acceptors (Lipinski definition) is 6. The number of aliphatic hydroxyl groups excluding tert-OH is 2. The van der Waals surface area contributed by atoms with E-state index in [1.807, 2.05) is 0 Å². The smallest absolute Gasteiger partial charge is 0.349 e. The van der Waals surface area contributed by atoms with Crippen LogP contribution in [-0.2, 0) is 0 Å². The number of anilines is 1. The van der Waals surface area contributed by atoms with Gasteiger partial charge < -0.3 is 15.1 Å². The molecule has 0 spiro atoms. The molecule has 2 heterocycles. The summed E-state index contributed by atoms with van der Waals surface area (Å²) in [6.07, 6.45) is 0. The molecule has 0 aliphatic carbocycles. The lowest BCUT2D eigenvalue weighted by Gasteiger charge is -2.21. The lowest BCUT2D eigenvalue weighted by molar-refractivity contribution is 0.280. The first-order valence-corrected chi connectivity index (χ1v) is 5.59. The minimum atomic E-state index is -0.336. The summed E-state index contributed by atoms with van der Waals surface area (Å²) in [4.78, 5) is 17.5. The molecule has 0 saturated carbocycles. The van der Waals surface area contributed by atoms with E-state index < -0.39 is 0 Å². The number of nitrogens with one attached hydrogen (secondary N) is 1. The largest absolute Gasteiger partial charge is 0.395 e. The number of fused-ring (bicyclic) bond motifs is 1. The Kier molecular flexibility index (Phi) is 3.58. The zero-order valence-corrected chi connectivity index (χ0v) is 10.00. The molecule has 2 aromatic heterocycles. The van der Waals surface area contributed by atoms with Gasteiger partial charge in [0.2, 0.25) is 0 Å². The predicted octanol–water partition coefficient (Wildman–Crippen LogP) is -1.48. The van der Waals surface area contributed by atoms with E-state index in [1.54, 1.807) is 17.9 Å². The fourth-order valence-electron chi connectivity index (χ4n) is 1.83. The summed E-state index contributed by atoms with van der Waals surface area (Å²) in [6, 6.07) is 1.64. The molecule has 98 valence electrons. The summed E-state index contributed by atoms with van der Waals surface area (Å²) in [7, 11) is 0. The van der Waals surface area contributed by atoms with E-state index in [4.69, 9.17) is 10.2 Å². The molecule has 0 bridgehead atoms. The van der Waals surface area contributed by atoms with Crippen LogP contribution >= 0.6 is 0 Å². The van der Waals surface area contributed by atoms with Gasteiger partial charge in [0.15, 0.2) is 5.65 Å². The van der Waals surface area contributed by atoms with Gasteiger partial charge in [-0.05, 0) is 6.92 Å². The zero-order chi connectivity index (χ0) is 13.1. The fourth-order valence-corrected chi connectivity index (χ4v) is 1.83. The molecule has 0 atom stereocenters. The molecule has 8 heteroatoms. The lowest BCUT2D eigenvalue weighted by atomic mass is 10.4.